The van der Waals surface area contributed by atoms with Gasteiger partial charge < -0.3 is 5.73 Å². The molecule has 0 aromatic heterocycles. The summed E-state index contributed by atoms with van der Waals surface area (Å²) in [4.78, 5) is 0. The Morgan fingerprint density at radius 1 is 1.46 bits per heavy atom. The first-order chi connectivity index (χ1) is 6.29. The van der Waals surface area contributed by atoms with Crippen molar-refractivity contribution in [3.63, 3.8) is 0 Å². The zero-order valence-electron chi connectivity index (χ0n) is 7.66. The highest BCUT2D eigenvalue weighted by atomic mass is 79.9. The van der Waals surface area contributed by atoms with E-state index in [0.717, 1.165) is 5.75 Å². The van der Waals surface area contributed by atoms with E-state index in [4.69, 9.17) is 5.73 Å². The fourth-order valence-electron chi connectivity index (χ4n) is 1.29. The number of benzene rings is 1. The molecule has 0 fully saturated rings. The normalized spacial score (nSPS) is 12.8. The Hall–Kier alpha value is 0.01000. The summed E-state index contributed by atoms with van der Waals surface area (Å²) in [5.41, 5.74) is 7.04. The molecule has 0 spiro atoms. The third kappa shape index (κ3) is 3.01. The topological polar surface area (TPSA) is 26.0 Å². The van der Waals surface area contributed by atoms with Crippen molar-refractivity contribution in [2.45, 2.75) is 5.92 Å². The summed E-state index contributed by atoms with van der Waals surface area (Å²) in [5, 5.41) is 0. The van der Waals surface area contributed by atoms with Crippen molar-refractivity contribution in [1.82, 2.24) is 0 Å². The molecule has 0 aliphatic carbocycles. The van der Waals surface area contributed by atoms with Crippen molar-refractivity contribution in [1.29, 1.82) is 0 Å². The molecule has 1 aromatic rings. The lowest BCUT2D eigenvalue weighted by molar-refractivity contribution is 0.782. The van der Waals surface area contributed by atoms with Crippen LogP contribution in [0.2, 0.25) is 0 Å². The van der Waals surface area contributed by atoms with Crippen LogP contribution in [0.1, 0.15) is 11.5 Å². The molecule has 13 heavy (non-hydrogen) atoms. The van der Waals surface area contributed by atoms with Gasteiger partial charge in [-0.25, -0.2) is 0 Å². The molecule has 72 valence electrons. The van der Waals surface area contributed by atoms with Crippen molar-refractivity contribution in [3.05, 3.63) is 34.3 Å². The quantitative estimate of drug-likeness (QED) is 0.900. The molecule has 0 aliphatic heterocycles. The predicted molar refractivity (Wildman–Crippen MR) is 64.3 cm³/mol. The summed E-state index contributed by atoms with van der Waals surface area (Å²) < 4.78 is 1.17. The molecule has 0 bridgehead atoms. The Morgan fingerprint density at radius 2 is 2.15 bits per heavy atom. The van der Waals surface area contributed by atoms with Crippen LogP contribution in [0.25, 0.3) is 0 Å². The van der Waals surface area contributed by atoms with E-state index in [-0.39, 0.29) is 0 Å². The van der Waals surface area contributed by atoms with Gasteiger partial charge in [-0.1, -0.05) is 34.1 Å². The molecule has 0 aliphatic rings. The molecular weight excluding hydrogens is 246 g/mol. The number of thioether (sulfide) groups is 1. The van der Waals surface area contributed by atoms with Gasteiger partial charge in [-0.05, 0) is 17.9 Å². The van der Waals surface area contributed by atoms with E-state index in [1.54, 1.807) is 0 Å². The fourth-order valence-corrected chi connectivity index (χ4v) is 2.62. The van der Waals surface area contributed by atoms with Crippen LogP contribution in [-0.4, -0.2) is 18.6 Å². The van der Waals surface area contributed by atoms with Crippen molar-refractivity contribution < 1.29 is 0 Å². The second-order valence-electron chi connectivity index (χ2n) is 2.91. The van der Waals surface area contributed by atoms with Crippen LogP contribution in [-0.2, 0) is 0 Å². The van der Waals surface area contributed by atoms with Gasteiger partial charge in [-0.2, -0.15) is 11.8 Å². The number of rotatable bonds is 4. The van der Waals surface area contributed by atoms with Gasteiger partial charge in [0.1, 0.15) is 0 Å². The minimum Gasteiger partial charge on any atom is -0.330 e. The van der Waals surface area contributed by atoms with Gasteiger partial charge in [0.2, 0.25) is 0 Å². The monoisotopic (exact) mass is 259 g/mol. The van der Waals surface area contributed by atoms with Crippen LogP contribution in [0.5, 0.6) is 0 Å². The number of hydrogen-bond donors (Lipinski definition) is 1. The zero-order valence-corrected chi connectivity index (χ0v) is 10.1. The Labute approximate surface area is 92.2 Å². The molecule has 1 rings (SSSR count). The van der Waals surface area contributed by atoms with E-state index in [0.29, 0.717) is 12.5 Å². The number of nitrogens with two attached hydrogens (primary N) is 1. The standard InChI is InChI=1S/C10H14BrNS/c1-13-7-8(6-12)9-4-2-3-5-10(9)11/h2-5,8H,6-7,12H2,1H3. The maximum absolute atomic E-state index is 5.73. The van der Waals surface area contributed by atoms with Crippen LogP contribution in [0.4, 0.5) is 0 Å². The molecule has 0 amide bonds. The van der Waals surface area contributed by atoms with Crippen molar-refractivity contribution in [2.24, 2.45) is 5.73 Å². The summed E-state index contributed by atoms with van der Waals surface area (Å²) in [7, 11) is 0. The molecule has 1 nitrogen and oxygen atoms in total. The van der Waals surface area contributed by atoms with E-state index in [1.165, 1.54) is 10.0 Å². The van der Waals surface area contributed by atoms with E-state index in [1.807, 2.05) is 17.8 Å². The lowest BCUT2D eigenvalue weighted by Crippen LogP contribution is -2.15. The summed E-state index contributed by atoms with van der Waals surface area (Å²) in [5.74, 6) is 1.55. The number of hydrogen-bond acceptors (Lipinski definition) is 2. The highest BCUT2D eigenvalue weighted by molar-refractivity contribution is 9.10. The largest absolute Gasteiger partial charge is 0.330 e. The molecule has 1 atom stereocenters. The lowest BCUT2D eigenvalue weighted by Gasteiger charge is -2.15. The van der Waals surface area contributed by atoms with Gasteiger partial charge in [-0.3, -0.25) is 0 Å². The second kappa shape index (κ2) is 5.68. The van der Waals surface area contributed by atoms with E-state index < -0.39 is 0 Å². The SMILES string of the molecule is CSCC(CN)c1ccccc1Br. The fraction of sp³-hybridized carbons (Fsp3) is 0.400. The first-order valence-corrected chi connectivity index (χ1v) is 6.41. The van der Waals surface area contributed by atoms with Crippen molar-refractivity contribution in [3.8, 4) is 0 Å². The minimum atomic E-state index is 0.463. The van der Waals surface area contributed by atoms with Gasteiger partial charge >= 0.3 is 0 Å². The first-order valence-electron chi connectivity index (χ1n) is 4.23. The summed E-state index contributed by atoms with van der Waals surface area (Å²) in [6.07, 6.45) is 2.11. The molecule has 3 heteroatoms. The molecule has 2 N–H and O–H groups in total. The highest BCUT2D eigenvalue weighted by Crippen LogP contribution is 2.26. The van der Waals surface area contributed by atoms with Gasteiger partial charge in [0.25, 0.3) is 0 Å². The van der Waals surface area contributed by atoms with Gasteiger partial charge in [-0.15, -0.1) is 0 Å². The van der Waals surface area contributed by atoms with Crippen molar-refractivity contribution >= 4 is 27.7 Å². The molecular formula is C10H14BrNS. The summed E-state index contributed by atoms with van der Waals surface area (Å²) in [6.45, 7) is 0.712. The number of halogens is 1. The molecule has 0 radical (unpaired) electrons. The minimum absolute atomic E-state index is 0.463. The van der Waals surface area contributed by atoms with Gasteiger partial charge in [0, 0.05) is 22.7 Å². The van der Waals surface area contributed by atoms with Crippen LogP contribution in [0, 0.1) is 0 Å². The molecule has 1 unspecified atom stereocenters. The predicted octanol–water partition coefficient (Wildman–Crippen LogP) is 2.85. The Morgan fingerprint density at radius 3 is 2.69 bits per heavy atom. The lowest BCUT2D eigenvalue weighted by atomic mass is 10.0. The van der Waals surface area contributed by atoms with E-state index >= 15 is 0 Å². The Bertz CT molecular complexity index is 265. The highest BCUT2D eigenvalue weighted by Gasteiger charge is 2.11. The second-order valence-corrected chi connectivity index (χ2v) is 4.67. The molecule has 0 saturated carbocycles. The Balaban J connectivity index is 2.84. The molecule has 1 aromatic carbocycles. The third-order valence-corrected chi connectivity index (χ3v) is 3.46. The maximum atomic E-state index is 5.73. The van der Waals surface area contributed by atoms with Crippen molar-refractivity contribution in [2.75, 3.05) is 18.6 Å². The Kier molecular flexibility index (Phi) is 4.84. The average Bonchev–Trinajstić information content (AvgIpc) is 2.16. The van der Waals surface area contributed by atoms with Crippen LogP contribution in [0.15, 0.2) is 28.7 Å². The summed E-state index contributed by atoms with van der Waals surface area (Å²) >= 11 is 5.38. The van der Waals surface area contributed by atoms with Crippen LogP contribution in [0.3, 0.4) is 0 Å². The van der Waals surface area contributed by atoms with Gasteiger partial charge in [0.05, 0.1) is 0 Å². The van der Waals surface area contributed by atoms with Crippen LogP contribution >= 0.6 is 27.7 Å². The van der Waals surface area contributed by atoms with Gasteiger partial charge in [0.15, 0.2) is 0 Å². The molecule has 0 heterocycles. The zero-order chi connectivity index (χ0) is 9.68. The first kappa shape index (κ1) is 11.1. The van der Waals surface area contributed by atoms with E-state index in [9.17, 15) is 0 Å². The van der Waals surface area contributed by atoms with Crippen LogP contribution < -0.4 is 5.73 Å². The smallest absolute Gasteiger partial charge is 0.0210 e. The average molecular weight is 260 g/mol. The summed E-state index contributed by atoms with van der Waals surface area (Å²) in [6, 6.07) is 8.29. The van der Waals surface area contributed by atoms with E-state index in [2.05, 4.69) is 40.4 Å². The molecule has 0 saturated heterocycles. The third-order valence-electron chi connectivity index (χ3n) is 2.00. The maximum Gasteiger partial charge on any atom is 0.0210 e.